The molecule has 1 aliphatic heterocycles. The van der Waals surface area contributed by atoms with E-state index in [0.29, 0.717) is 13.0 Å². The topological polar surface area (TPSA) is 58.6 Å². The molecule has 2 amide bonds. The minimum absolute atomic E-state index is 0.0405. The maximum Gasteiger partial charge on any atom is 0.225 e. The molecule has 0 radical (unpaired) electrons. The van der Waals surface area contributed by atoms with Gasteiger partial charge in [0.05, 0.1) is 13.2 Å². The van der Waals surface area contributed by atoms with Gasteiger partial charge in [-0.25, -0.2) is 4.39 Å². The van der Waals surface area contributed by atoms with Crippen molar-refractivity contribution in [3.8, 4) is 5.75 Å². The molecular formula is C27H31FN2O3. The fraction of sp³-hybridized carbons (Fsp3) is 0.407. The van der Waals surface area contributed by atoms with E-state index in [-0.39, 0.29) is 42.1 Å². The van der Waals surface area contributed by atoms with Gasteiger partial charge in [0.25, 0.3) is 0 Å². The average Bonchev–Trinajstić information content (AvgIpc) is 3.36. The number of carbonyl (C=O) groups excluding carboxylic acids is 2. The van der Waals surface area contributed by atoms with Crippen LogP contribution in [0.15, 0.2) is 60.7 Å². The minimum Gasteiger partial charge on any atom is -0.497 e. The van der Waals surface area contributed by atoms with Crippen molar-refractivity contribution in [1.29, 1.82) is 0 Å². The van der Waals surface area contributed by atoms with Gasteiger partial charge in [-0.1, -0.05) is 49.3 Å². The molecule has 2 aromatic rings. The van der Waals surface area contributed by atoms with E-state index in [0.717, 1.165) is 42.6 Å². The molecule has 2 aliphatic rings. The number of benzene rings is 2. The third-order valence-corrected chi connectivity index (χ3v) is 6.61. The summed E-state index contributed by atoms with van der Waals surface area (Å²) in [5.74, 6) is 0.535. The van der Waals surface area contributed by atoms with Crippen LogP contribution in [0.2, 0.25) is 0 Å². The maximum absolute atomic E-state index is 13.5. The van der Waals surface area contributed by atoms with Crippen LogP contribution in [-0.2, 0) is 16.1 Å². The molecule has 5 nitrogen and oxygen atoms in total. The molecule has 6 heteroatoms. The number of nitrogens with one attached hydrogen (secondary N) is 1. The molecule has 2 atom stereocenters. The first-order valence-corrected chi connectivity index (χ1v) is 11.7. The van der Waals surface area contributed by atoms with Crippen LogP contribution < -0.4 is 10.1 Å². The predicted octanol–water partition coefficient (Wildman–Crippen LogP) is 4.93. The molecular weight excluding hydrogens is 419 g/mol. The number of hydrogen-bond acceptors (Lipinski definition) is 3. The first kappa shape index (κ1) is 23.0. The van der Waals surface area contributed by atoms with Crippen molar-refractivity contribution in [2.24, 2.45) is 5.92 Å². The van der Waals surface area contributed by atoms with Gasteiger partial charge in [0, 0.05) is 24.9 Å². The van der Waals surface area contributed by atoms with Crippen molar-refractivity contribution in [2.45, 2.75) is 57.2 Å². The third-order valence-electron chi connectivity index (χ3n) is 6.61. The van der Waals surface area contributed by atoms with E-state index < -0.39 is 0 Å². The molecule has 1 saturated carbocycles. The summed E-state index contributed by atoms with van der Waals surface area (Å²) in [5, 5.41) is 3.12. The Hall–Kier alpha value is -3.15. The molecule has 2 aromatic carbocycles. The number of nitrogens with zero attached hydrogens (tertiary/aromatic N) is 1. The van der Waals surface area contributed by atoms with E-state index in [4.69, 9.17) is 4.74 Å². The second kappa shape index (κ2) is 10.6. The lowest BCUT2D eigenvalue weighted by molar-refractivity contribution is -0.134. The van der Waals surface area contributed by atoms with Crippen LogP contribution in [0.25, 0.3) is 0 Å². The van der Waals surface area contributed by atoms with Crippen LogP contribution in [-0.4, -0.2) is 29.9 Å². The summed E-state index contributed by atoms with van der Waals surface area (Å²) < 4.78 is 18.7. The van der Waals surface area contributed by atoms with Gasteiger partial charge >= 0.3 is 0 Å². The Morgan fingerprint density at radius 2 is 1.79 bits per heavy atom. The van der Waals surface area contributed by atoms with Gasteiger partial charge in [-0.3, -0.25) is 9.59 Å². The normalized spacial score (nSPS) is 22.5. The zero-order valence-corrected chi connectivity index (χ0v) is 19.0. The lowest BCUT2D eigenvalue weighted by Gasteiger charge is -2.34. The van der Waals surface area contributed by atoms with Crippen LogP contribution in [0.5, 0.6) is 5.75 Å². The van der Waals surface area contributed by atoms with Crippen molar-refractivity contribution in [3.63, 3.8) is 0 Å². The summed E-state index contributed by atoms with van der Waals surface area (Å²) in [6.07, 6.45) is 8.97. The highest BCUT2D eigenvalue weighted by molar-refractivity contribution is 5.82. The highest BCUT2D eigenvalue weighted by atomic mass is 19.1. The lowest BCUT2D eigenvalue weighted by atomic mass is 9.97. The molecule has 0 bridgehead atoms. The van der Waals surface area contributed by atoms with Gasteiger partial charge in [0.2, 0.25) is 11.8 Å². The van der Waals surface area contributed by atoms with Crippen LogP contribution >= 0.6 is 0 Å². The van der Waals surface area contributed by atoms with Crippen molar-refractivity contribution < 1.29 is 18.7 Å². The van der Waals surface area contributed by atoms with Crippen molar-refractivity contribution in [2.75, 3.05) is 7.11 Å². The van der Waals surface area contributed by atoms with Gasteiger partial charge in [0.15, 0.2) is 0 Å². The summed E-state index contributed by atoms with van der Waals surface area (Å²) in [6, 6.07) is 13.4. The lowest BCUT2D eigenvalue weighted by Crippen LogP contribution is -2.44. The van der Waals surface area contributed by atoms with Crippen molar-refractivity contribution in [1.82, 2.24) is 10.2 Å². The molecule has 33 heavy (non-hydrogen) atoms. The zero-order chi connectivity index (χ0) is 23.2. The summed E-state index contributed by atoms with van der Waals surface area (Å²) >= 11 is 0. The highest BCUT2D eigenvalue weighted by Gasteiger charge is 2.30. The highest BCUT2D eigenvalue weighted by Crippen LogP contribution is 2.30. The quantitative estimate of drug-likeness (QED) is 0.635. The zero-order valence-electron chi connectivity index (χ0n) is 19.0. The van der Waals surface area contributed by atoms with Gasteiger partial charge in [0.1, 0.15) is 11.6 Å². The molecule has 1 N–H and O–H groups in total. The van der Waals surface area contributed by atoms with Gasteiger partial charge in [-0.15, -0.1) is 0 Å². The largest absolute Gasteiger partial charge is 0.497 e. The van der Waals surface area contributed by atoms with E-state index in [1.165, 1.54) is 12.1 Å². The Kier molecular flexibility index (Phi) is 7.43. The standard InChI is InChI=1S/C27H31FN2O3/c1-33-24-15-11-20(12-16-24)25-8-4-7-23(29-27(32)21-5-2-3-6-21)17-26(31)30(25)18-19-9-13-22(28)14-10-19/h4,8-16,21,23,25H,2-3,5-7,17-18H2,1H3,(H,29,32)/b8-4-/t23-,25+/m0/s1. The van der Waals surface area contributed by atoms with Crippen molar-refractivity contribution in [3.05, 3.63) is 77.6 Å². The van der Waals surface area contributed by atoms with Crippen LogP contribution in [0.4, 0.5) is 4.39 Å². The first-order valence-electron chi connectivity index (χ1n) is 11.7. The number of carbonyl (C=O) groups is 2. The van der Waals surface area contributed by atoms with Crippen molar-refractivity contribution >= 4 is 11.8 Å². The molecule has 1 fully saturated rings. The molecule has 4 rings (SSSR count). The first-order chi connectivity index (χ1) is 16.0. The summed E-state index contributed by atoms with van der Waals surface area (Å²) in [5.41, 5.74) is 1.82. The number of hydrogen-bond donors (Lipinski definition) is 1. The van der Waals surface area contributed by atoms with E-state index in [1.54, 1.807) is 24.1 Å². The number of rotatable bonds is 6. The molecule has 0 aromatic heterocycles. The number of ether oxygens (including phenoxy) is 1. The second-order valence-electron chi connectivity index (χ2n) is 8.92. The number of amides is 2. The molecule has 0 saturated heterocycles. The SMILES string of the molecule is COc1ccc([C@H]2/C=C\C[C@H](NC(=O)C3CCCC3)CC(=O)N2Cc2ccc(F)cc2)cc1. The Bertz CT molecular complexity index is 981. The van der Waals surface area contributed by atoms with Crippen LogP contribution in [0.3, 0.4) is 0 Å². The van der Waals surface area contributed by atoms with Crippen LogP contribution in [0, 0.1) is 11.7 Å². The minimum atomic E-state index is -0.306. The Morgan fingerprint density at radius 3 is 2.45 bits per heavy atom. The van der Waals surface area contributed by atoms with E-state index in [2.05, 4.69) is 11.4 Å². The van der Waals surface area contributed by atoms with Gasteiger partial charge in [-0.2, -0.15) is 0 Å². The molecule has 1 aliphatic carbocycles. The molecule has 1 heterocycles. The Labute approximate surface area is 194 Å². The fourth-order valence-electron chi connectivity index (χ4n) is 4.72. The number of halogens is 1. The van der Waals surface area contributed by atoms with Gasteiger partial charge < -0.3 is 15.0 Å². The van der Waals surface area contributed by atoms with E-state index >= 15 is 0 Å². The van der Waals surface area contributed by atoms with Gasteiger partial charge in [-0.05, 0) is 54.7 Å². The Morgan fingerprint density at radius 1 is 1.09 bits per heavy atom. The summed E-state index contributed by atoms with van der Waals surface area (Å²) in [6.45, 7) is 0.351. The van der Waals surface area contributed by atoms with Crippen LogP contribution in [0.1, 0.15) is 55.7 Å². The molecule has 174 valence electrons. The summed E-state index contributed by atoms with van der Waals surface area (Å²) in [4.78, 5) is 28.0. The van der Waals surface area contributed by atoms with E-state index in [1.807, 2.05) is 30.3 Å². The predicted molar refractivity (Wildman–Crippen MR) is 125 cm³/mol. The smallest absolute Gasteiger partial charge is 0.225 e. The molecule has 0 spiro atoms. The Balaban J connectivity index is 1.57. The van der Waals surface area contributed by atoms with E-state index in [9.17, 15) is 14.0 Å². The fourth-order valence-corrected chi connectivity index (χ4v) is 4.72. The monoisotopic (exact) mass is 450 g/mol. The second-order valence-corrected chi connectivity index (χ2v) is 8.92. The summed E-state index contributed by atoms with van der Waals surface area (Å²) in [7, 11) is 1.62. The molecule has 0 unspecified atom stereocenters. The third kappa shape index (κ3) is 5.81. The number of methoxy groups -OCH3 is 1. The maximum atomic E-state index is 13.5. The average molecular weight is 451 g/mol.